The lowest BCUT2D eigenvalue weighted by Crippen LogP contribution is -2.51. The fourth-order valence-electron chi connectivity index (χ4n) is 2.10. The third-order valence-electron chi connectivity index (χ3n) is 3.11. The Morgan fingerprint density at radius 3 is 2.95 bits per heavy atom. The van der Waals surface area contributed by atoms with Gasteiger partial charge in [0, 0.05) is 22.5 Å². The van der Waals surface area contributed by atoms with Crippen molar-refractivity contribution in [2.24, 2.45) is 0 Å². The van der Waals surface area contributed by atoms with Crippen LogP contribution in [0.15, 0.2) is 22.7 Å². The van der Waals surface area contributed by atoms with E-state index in [1.54, 1.807) is 24.8 Å². The number of thioether (sulfide) groups is 1. The maximum absolute atomic E-state index is 13.9. The molecule has 1 fully saturated rings. The number of carbonyl (C=O) groups excluding carboxylic acids is 2. The van der Waals surface area contributed by atoms with E-state index < -0.39 is 23.7 Å². The van der Waals surface area contributed by atoms with Gasteiger partial charge in [0.1, 0.15) is 11.9 Å². The molecule has 1 unspecified atom stereocenters. The molecule has 4 nitrogen and oxygen atoms in total. The van der Waals surface area contributed by atoms with Gasteiger partial charge in [-0.1, -0.05) is 15.9 Å². The fourth-order valence-corrected chi connectivity index (χ4v) is 3.46. The van der Waals surface area contributed by atoms with Crippen LogP contribution in [-0.2, 0) is 9.53 Å². The van der Waals surface area contributed by atoms with Crippen LogP contribution in [0.3, 0.4) is 0 Å². The number of nitrogens with zero attached hydrogens (tertiary/aromatic N) is 1. The lowest BCUT2D eigenvalue weighted by molar-refractivity contribution is -0.147. The molecule has 1 aliphatic rings. The molecule has 1 aliphatic heterocycles. The Hall–Kier alpha value is -1.08. The van der Waals surface area contributed by atoms with Gasteiger partial charge in [-0.05, 0) is 25.1 Å². The second-order valence-corrected chi connectivity index (χ2v) is 6.53. The molecule has 21 heavy (non-hydrogen) atoms. The highest BCUT2D eigenvalue weighted by molar-refractivity contribution is 9.10. The fraction of sp³-hybridized carbons (Fsp3) is 0.429. The van der Waals surface area contributed by atoms with Crippen LogP contribution in [0.5, 0.6) is 0 Å². The predicted octanol–water partition coefficient (Wildman–Crippen LogP) is 2.71. The Morgan fingerprint density at radius 2 is 2.29 bits per heavy atom. The van der Waals surface area contributed by atoms with E-state index in [2.05, 4.69) is 15.9 Å². The van der Waals surface area contributed by atoms with Crippen LogP contribution >= 0.6 is 27.7 Å². The first-order chi connectivity index (χ1) is 10.0. The van der Waals surface area contributed by atoms with E-state index >= 15 is 0 Å². The third kappa shape index (κ3) is 3.77. The summed E-state index contributed by atoms with van der Waals surface area (Å²) in [5.74, 6) is -0.313. The zero-order valence-corrected chi connectivity index (χ0v) is 13.9. The van der Waals surface area contributed by atoms with Crippen molar-refractivity contribution in [3.63, 3.8) is 0 Å². The molecule has 1 saturated heterocycles. The molecule has 0 spiro atoms. The van der Waals surface area contributed by atoms with Gasteiger partial charge < -0.3 is 9.64 Å². The molecule has 2 rings (SSSR count). The number of rotatable bonds is 3. The summed E-state index contributed by atoms with van der Waals surface area (Å²) < 4.78 is 19.5. The van der Waals surface area contributed by atoms with Gasteiger partial charge in [0.2, 0.25) is 0 Å². The average molecular weight is 376 g/mol. The largest absolute Gasteiger partial charge is 0.464 e. The molecule has 1 aromatic rings. The van der Waals surface area contributed by atoms with E-state index in [4.69, 9.17) is 4.74 Å². The number of amides is 1. The van der Waals surface area contributed by atoms with E-state index in [1.807, 2.05) is 0 Å². The summed E-state index contributed by atoms with van der Waals surface area (Å²) in [5.41, 5.74) is -0.0283. The zero-order valence-electron chi connectivity index (χ0n) is 11.5. The quantitative estimate of drug-likeness (QED) is 0.762. The molecule has 7 heteroatoms. The number of carbonyl (C=O) groups is 2. The molecule has 0 saturated carbocycles. The number of hydrogen-bond acceptors (Lipinski definition) is 4. The molecule has 1 aromatic carbocycles. The first-order valence-corrected chi connectivity index (χ1v) is 8.49. The molecule has 0 aromatic heterocycles. The van der Waals surface area contributed by atoms with Gasteiger partial charge in [-0.15, -0.1) is 0 Å². The van der Waals surface area contributed by atoms with Crippen LogP contribution in [0.4, 0.5) is 4.39 Å². The summed E-state index contributed by atoms with van der Waals surface area (Å²) in [6.45, 7) is 2.38. The minimum absolute atomic E-state index is 0.0283. The highest BCUT2D eigenvalue weighted by atomic mass is 79.9. The summed E-state index contributed by atoms with van der Waals surface area (Å²) in [7, 11) is 0. The molecule has 1 amide bonds. The number of benzene rings is 1. The van der Waals surface area contributed by atoms with Crippen molar-refractivity contribution in [1.29, 1.82) is 0 Å². The first kappa shape index (κ1) is 16.3. The van der Waals surface area contributed by atoms with E-state index in [0.29, 0.717) is 16.8 Å². The van der Waals surface area contributed by atoms with Crippen molar-refractivity contribution in [3.8, 4) is 0 Å². The van der Waals surface area contributed by atoms with Gasteiger partial charge in [0.25, 0.3) is 5.91 Å². The van der Waals surface area contributed by atoms with E-state index in [1.165, 1.54) is 17.0 Å². The second kappa shape index (κ2) is 7.26. The van der Waals surface area contributed by atoms with Crippen molar-refractivity contribution in [2.75, 3.05) is 24.7 Å². The summed E-state index contributed by atoms with van der Waals surface area (Å²) in [5, 5.41) is 0. The Kier molecular flexibility index (Phi) is 5.64. The Morgan fingerprint density at radius 1 is 1.52 bits per heavy atom. The van der Waals surface area contributed by atoms with Gasteiger partial charge >= 0.3 is 5.97 Å². The lowest BCUT2D eigenvalue weighted by atomic mass is 10.1. The standard InChI is InChI=1S/C14H15BrFNO3S/c1-2-20-14(19)12-8-21-6-5-17(12)13(18)10-4-3-9(15)7-11(10)16/h3-4,7,12H,2,5-6,8H2,1H3. The smallest absolute Gasteiger partial charge is 0.329 e. The summed E-state index contributed by atoms with van der Waals surface area (Å²) in [6, 6.07) is 3.62. The SMILES string of the molecule is CCOC(=O)C1CSCCN1C(=O)c1ccc(Br)cc1F. The third-order valence-corrected chi connectivity index (χ3v) is 4.63. The molecule has 0 aliphatic carbocycles. The molecule has 0 radical (unpaired) electrons. The van der Waals surface area contributed by atoms with Gasteiger partial charge in [0.15, 0.2) is 0 Å². The molecule has 114 valence electrons. The van der Waals surface area contributed by atoms with Crippen LogP contribution in [0, 0.1) is 5.82 Å². The normalized spacial score (nSPS) is 18.4. The molecule has 1 heterocycles. The van der Waals surface area contributed by atoms with Gasteiger partial charge in [0.05, 0.1) is 12.2 Å². The van der Waals surface area contributed by atoms with Crippen molar-refractivity contribution < 1.29 is 18.7 Å². The minimum atomic E-state index is -0.653. The summed E-state index contributed by atoms with van der Waals surface area (Å²) in [4.78, 5) is 25.9. The highest BCUT2D eigenvalue weighted by Crippen LogP contribution is 2.22. The number of hydrogen-bond donors (Lipinski definition) is 0. The topological polar surface area (TPSA) is 46.6 Å². The van der Waals surface area contributed by atoms with Crippen LogP contribution in [0.2, 0.25) is 0 Å². The van der Waals surface area contributed by atoms with Crippen molar-refractivity contribution in [3.05, 3.63) is 34.1 Å². The maximum atomic E-state index is 13.9. The van der Waals surface area contributed by atoms with E-state index in [-0.39, 0.29) is 12.2 Å². The molecular formula is C14H15BrFNO3S. The summed E-state index contributed by atoms with van der Waals surface area (Å²) >= 11 is 4.74. The van der Waals surface area contributed by atoms with Crippen LogP contribution in [-0.4, -0.2) is 47.5 Å². The average Bonchev–Trinajstić information content (AvgIpc) is 2.47. The molecular weight excluding hydrogens is 361 g/mol. The minimum Gasteiger partial charge on any atom is -0.464 e. The van der Waals surface area contributed by atoms with Crippen molar-refractivity contribution >= 4 is 39.6 Å². The number of esters is 1. The van der Waals surface area contributed by atoms with E-state index in [0.717, 1.165) is 5.75 Å². The Labute approximate surface area is 135 Å². The lowest BCUT2D eigenvalue weighted by Gasteiger charge is -2.33. The van der Waals surface area contributed by atoms with Crippen molar-refractivity contribution in [1.82, 2.24) is 4.90 Å². The van der Waals surface area contributed by atoms with E-state index in [9.17, 15) is 14.0 Å². The monoisotopic (exact) mass is 375 g/mol. The van der Waals surface area contributed by atoms with Crippen LogP contribution < -0.4 is 0 Å². The Balaban J connectivity index is 2.24. The summed E-state index contributed by atoms with van der Waals surface area (Å²) in [6.07, 6.45) is 0. The van der Waals surface area contributed by atoms with Crippen molar-refractivity contribution in [2.45, 2.75) is 13.0 Å². The zero-order chi connectivity index (χ0) is 15.4. The second-order valence-electron chi connectivity index (χ2n) is 4.47. The highest BCUT2D eigenvalue weighted by Gasteiger charge is 2.34. The van der Waals surface area contributed by atoms with Gasteiger partial charge in [-0.25, -0.2) is 9.18 Å². The predicted molar refractivity (Wildman–Crippen MR) is 82.9 cm³/mol. The number of halogens is 2. The first-order valence-electron chi connectivity index (χ1n) is 6.55. The Bertz CT molecular complexity index is 555. The molecule has 0 bridgehead atoms. The maximum Gasteiger partial charge on any atom is 0.329 e. The van der Waals surface area contributed by atoms with Crippen LogP contribution in [0.25, 0.3) is 0 Å². The van der Waals surface area contributed by atoms with Crippen LogP contribution in [0.1, 0.15) is 17.3 Å². The molecule has 1 atom stereocenters. The van der Waals surface area contributed by atoms with Gasteiger partial charge in [-0.2, -0.15) is 11.8 Å². The number of ether oxygens (including phenoxy) is 1. The van der Waals surface area contributed by atoms with Gasteiger partial charge in [-0.3, -0.25) is 4.79 Å². The molecule has 0 N–H and O–H groups in total.